The summed E-state index contributed by atoms with van der Waals surface area (Å²) >= 11 is 2.15. The molecule has 0 aromatic heterocycles. The Morgan fingerprint density at radius 3 is 2.67 bits per heavy atom. The zero-order valence-corrected chi connectivity index (χ0v) is 8.05. The van der Waals surface area contributed by atoms with Gasteiger partial charge >= 0.3 is 0 Å². The van der Waals surface area contributed by atoms with E-state index in [0.717, 1.165) is 18.4 Å². The number of hydrogen-bond donors (Lipinski definition) is 1. The van der Waals surface area contributed by atoms with Crippen molar-refractivity contribution in [2.24, 2.45) is 0 Å². The average molecular weight is 240 g/mol. The van der Waals surface area contributed by atoms with Crippen molar-refractivity contribution in [2.45, 2.75) is 32.8 Å². The second-order valence-corrected chi connectivity index (χ2v) is 2.78. The van der Waals surface area contributed by atoms with E-state index in [1.165, 1.54) is 0 Å². The van der Waals surface area contributed by atoms with Gasteiger partial charge in [-0.05, 0) is 23.0 Å². The Labute approximate surface area is 70.3 Å². The fourth-order valence-electron chi connectivity index (χ4n) is 0.574. The van der Waals surface area contributed by atoms with E-state index in [4.69, 9.17) is 0 Å². The molecule has 0 heterocycles. The van der Waals surface area contributed by atoms with Crippen LogP contribution in [0.2, 0.25) is 0 Å². The summed E-state index contributed by atoms with van der Waals surface area (Å²) in [5.74, 6) is 0. The number of rotatable bonds is 3. The fourth-order valence-corrected chi connectivity index (χ4v) is 0.989. The molecular weight excluding hydrogens is 227 g/mol. The predicted molar refractivity (Wildman–Crippen MR) is 48.7 cm³/mol. The Balaban J connectivity index is 3.59. The maximum absolute atomic E-state index is 9.24. The lowest BCUT2D eigenvalue weighted by molar-refractivity contribution is 0.200. The minimum Gasteiger partial charge on any atom is -0.389 e. The summed E-state index contributed by atoms with van der Waals surface area (Å²) in [6.45, 7) is 4.02. The minimum atomic E-state index is -0.216. The molecule has 0 saturated carbocycles. The molecule has 1 atom stereocenters. The summed E-state index contributed by atoms with van der Waals surface area (Å²) in [4.78, 5) is 0. The van der Waals surface area contributed by atoms with Gasteiger partial charge in [0.15, 0.2) is 0 Å². The third-order valence-corrected chi connectivity index (χ3v) is 2.24. The van der Waals surface area contributed by atoms with Gasteiger partial charge in [-0.1, -0.05) is 35.9 Å². The molecule has 1 unspecified atom stereocenters. The molecule has 0 bridgehead atoms. The van der Waals surface area contributed by atoms with Gasteiger partial charge in [0, 0.05) is 0 Å². The highest BCUT2D eigenvalue weighted by Crippen LogP contribution is 2.09. The van der Waals surface area contributed by atoms with Crippen LogP contribution in [-0.4, -0.2) is 11.2 Å². The van der Waals surface area contributed by atoms with E-state index < -0.39 is 0 Å². The van der Waals surface area contributed by atoms with Crippen LogP contribution in [-0.2, 0) is 0 Å². The molecule has 0 aliphatic carbocycles. The molecule has 0 amide bonds. The van der Waals surface area contributed by atoms with Gasteiger partial charge in [-0.15, -0.1) is 0 Å². The van der Waals surface area contributed by atoms with Gasteiger partial charge in [0.25, 0.3) is 0 Å². The second-order valence-electron chi connectivity index (χ2n) is 2.16. The molecule has 0 aromatic carbocycles. The Bertz CT molecular complexity index is 99.1. The molecule has 54 valence electrons. The molecule has 0 aromatic rings. The number of aliphatic hydroxyl groups is 1. The van der Waals surface area contributed by atoms with E-state index in [-0.39, 0.29) is 6.10 Å². The van der Waals surface area contributed by atoms with Gasteiger partial charge in [0.1, 0.15) is 0 Å². The summed E-state index contributed by atoms with van der Waals surface area (Å²) in [6.07, 6.45) is 1.71. The maximum Gasteiger partial charge on any atom is 0.0754 e. The summed E-state index contributed by atoms with van der Waals surface area (Å²) in [5, 5.41) is 9.24. The fraction of sp³-hybridized carbons (Fsp3) is 0.714. The molecule has 0 fully saturated rings. The maximum atomic E-state index is 9.24. The van der Waals surface area contributed by atoms with Gasteiger partial charge in [-0.3, -0.25) is 0 Å². The van der Waals surface area contributed by atoms with Crippen molar-refractivity contribution in [3.05, 3.63) is 9.66 Å². The number of halogens is 1. The zero-order valence-electron chi connectivity index (χ0n) is 5.89. The van der Waals surface area contributed by atoms with Crippen LogP contribution in [0.3, 0.4) is 0 Å². The van der Waals surface area contributed by atoms with Crippen molar-refractivity contribution in [3.8, 4) is 0 Å². The molecule has 1 nitrogen and oxygen atoms in total. The van der Waals surface area contributed by atoms with Crippen molar-refractivity contribution >= 4 is 22.6 Å². The zero-order chi connectivity index (χ0) is 7.28. The average Bonchev–Trinajstić information content (AvgIpc) is 1.87. The number of aliphatic hydroxyl groups excluding tert-OH is 1. The van der Waals surface area contributed by atoms with E-state index >= 15 is 0 Å². The van der Waals surface area contributed by atoms with Crippen molar-refractivity contribution in [1.82, 2.24) is 0 Å². The molecule has 0 radical (unpaired) electrons. The van der Waals surface area contributed by atoms with E-state index in [2.05, 4.69) is 29.5 Å². The van der Waals surface area contributed by atoms with Gasteiger partial charge < -0.3 is 5.11 Å². The van der Waals surface area contributed by atoms with Crippen LogP contribution in [0.4, 0.5) is 0 Å². The summed E-state index contributed by atoms with van der Waals surface area (Å²) in [6, 6.07) is 0. The van der Waals surface area contributed by atoms with Crippen molar-refractivity contribution in [3.63, 3.8) is 0 Å². The summed E-state index contributed by atoms with van der Waals surface area (Å²) in [5.41, 5.74) is 1.07. The predicted octanol–water partition coefficient (Wildman–Crippen LogP) is 2.49. The number of hydrogen-bond acceptors (Lipinski definition) is 1. The van der Waals surface area contributed by atoms with Crippen molar-refractivity contribution < 1.29 is 5.11 Å². The van der Waals surface area contributed by atoms with Crippen LogP contribution in [0.5, 0.6) is 0 Å². The normalized spacial score (nSPS) is 15.8. The Kier molecular flexibility index (Phi) is 5.48. The first-order chi connectivity index (χ1) is 4.22. The molecule has 0 aliphatic heterocycles. The molecule has 1 N–H and O–H groups in total. The third-order valence-electron chi connectivity index (χ3n) is 1.26. The van der Waals surface area contributed by atoms with Gasteiger partial charge in [-0.25, -0.2) is 0 Å². The summed E-state index contributed by atoms with van der Waals surface area (Å²) in [7, 11) is 0. The molecule has 0 rings (SSSR count). The minimum absolute atomic E-state index is 0.216. The lowest BCUT2D eigenvalue weighted by atomic mass is 10.1. The van der Waals surface area contributed by atoms with Crippen molar-refractivity contribution in [1.29, 1.82) is 0 Å². The highest BCUT2D eigenvalue weighted by Gasteiger charge is 2.02. The van der Waals surface area contributed by atoms with Gasteiger partial charge in [0.05, 0.1) is 6.10 Å². The van der Waals surface area contributed by atoms with E-state index in [0.29, 0.717) is 0 Å². The first kappa shape index (κ1) is 9.43. The second kappa shape index (κ2) is 5.23. The van der Waals surface area contributed by atoms with Crippen LogP contribution < -0.4 is 0 Å². The molecular formula is C7H13IO. The van der Waals surface area contributed by atoms with E-state index in [1.54, 1.807) is 0 Å². The first-order valence-electron chi connectivity index (χ1n) is 3.17. The lowest BCUT2D eigenvalue weighted by Crippen LogP contribution is -2.06. The van der Waals surface area contributed by atoms with Gasteiger partial charge in [0.2, 0.25) is 0 Å². The molecule has 0 spiro atoms. The topological polar surface area (TPSA) is 20.2 Å². The van der Waals surface area contributed by atoms with Crippen molar-refractivity contribution in [2.75, 3.05) is 0 Å². The van der Waals surface area contributed by atoms with Crippen LogP contribution in [0.15, 0.2) is 9.66 Å². The highest BCUT2D eigenvalue weighted by atomic mass is 127. The standard InChI is InChI=1S/C7H13IO/c1-3-4-7(9)6(2)5-8/h5,7,9H,3-4H2,1-2H3/b6-5+. The monoisotopic (exact) mass is 240 g/mol. The Hall–Kier alpha value is 0.430. The first-order valence-corrected chi connectivity index (χ1v) is 4.41. The molecule has 2 heteroatoms. The lowest BCUT2D eigenvalue weighted by Gasteiger charge is -2.07. The van der Waals surface area contributed by atoms with Crippen LogP contribution >= 0.6 is 22.6 Å². The van der Waals surface area contributed by atoms with E-state index in [1.807, 2.05) is 11.0 Å². The van der Waals surface area contributed by atoms with Gasteiger partial charge in [-0.2, -0.15) is 0 Å². The third kappa shape index (κ3) is 3.92. The molecule has 0 aliphatic rings. The summed E-state index contributed by atoms with van der Waals surface area (Å²) < 4.78 is 1.93. The van der Waals surface area contributed by atoms with Crippen LogP contribution in [0.1, 0.15) is 26.7 Å². The molecule has 0 saturated heterocycles. The largest absolute Gasteiger partial charge is 0.389 e. The SMILES string of the molecule is CCCC(O)/C(C)=C/I. The van der Waals surface area contributed by atoms with E-state index in [9.17, 15) is 5.11 Å². The Morgan fingerprint density at radius 1 is 1.78 bits per heavy atom. The van der Waals surface area contributed by atoms with Crippen LogP contribution in [0, 0.1) is 0 Å². The Morgan fingerprint density at radius 2 is 2.33 bits per heavy atom. The highest BCUT2D eigenvalue weighted by molar-refractivity contribution is 14.1. The smallest absolute Gasteiger partial charge is 0.0754 e. The quantitative estimate of drug-likeness (QED) is 0.751. The van der Waals surface area contributed by atoms with Crippen LogP contribution in [0.25, 0.3) is 0 Å². The molecule has 9 heavy (non-hydrogen) atoms.